The van der Waals surface area contributed by atoms with Gasteiger partial charge in [-0.2, -0.15) is 0 Å². The Bertz CT molecular complexity index is 3320. The summed E-state index contributed by atoms with van der Waals surface area (Å²) >= 11 is 0. The molecule has 310 valence electrons. The first-order valence-corrected chi connectivity index (χ1v) is 21.8. The van der Waals surface area contributed by atoms with E-state index in [2.05, 4.69) is 180 Å². The molecule has 0 N–H and O–H groups in total. The first kappa shape index (κ1) is 39.0. The quantitative estimate of drug-likeness (QED) is 0.166. The Labute approximate surface area is 372 Å². The molecule has 0 aliphatic carbocycles. The molecule has 0 bridgehead atoms. The first-order valence-electron chi connectivity index (χ1n) is 21.8. The third-order valence-corrected chi connectivity index (χ3v) is 12.4. The average molecular weight is 831 g/mol. The van der Waals surface area contributed by atoms with Crippen LogP contribution in [0.2, 0.25) is 0 Å². The van der Waals surface area contributed by atoms with Crippen LogP contribution < -0.4 is 0 Å². The van der Waals surface area contributed by atoms with Crippen LogP contribution in [0, 0.1) is 55.4 Å². The molecule has 0 spiro atoms. The molecule has 4 heterocycles. The van der Waals surface area contributed by atoms with E-state index in [0.717, 1.165) is 66.8 Å². The molecule has 0 fully saturated rings. The second kappa shape index (κ2) is 14.9. The number of hydrogen-bond acceptors (Lipinski definition) is 6. The molecular weight excluding hydrogens is 785 g/mol. The highest BCUT2D eigenvalue weighted by atomic mass is 15.1. The molecule has 0 amide bonds. The van der Waals surface area contributed by atoms with E-state index in [0.29, 0.717) is 34.9 Å². The van der Waals surface area contributed by atoms with Crippen molar-refractivity contribution < 1.29 is 0 Å². The summed E-state index contributed by atoms with van der Waals surface area (Å²) in [6, 6.07) is 48.9. The van der Waals surface area contributed by atoms with Gasteiger partial charge in [-0.05, 0) is 157 Å². The Balaban J connectivity index is 1.09. The first-order chi connectivity index (χ1) is 30.9. The van der Waals surface area contributed by atoms with Crippen molar-refractivity contribution >= 4 is 43.6 Å². The summed E-state index contributed by atoms with van der Waals surface area (Å²) in [7, 11) is 0. The third-order valence-electron chi connectivity index (χ3n) is 12.4. The molecule has 7 aromatic carbocycles. The number of aryl methyl sites for hydroxylation is 8. The van der Waals surface area contributed by atoms with E-state index >= 15 is 0 Å². The van der Waals surface area contributed by atoms with Gasteiger partial charge in [-0.15, -0.1) is 0 Å². The zero-order valence-corrected chi connectivity index (χ0v) is 37.3. The maximum absolute atomic E-state index is 4.94. The minimum absolute atomic E-state index is 0.644. The molecule has 0 aliphatic heterocycles. The molecule has 0 atom stereocenters. The predicted molar refractivity (Wildman–Crippen MR) is 262 cm³/mol. The molecule has 8 nitrogen and oxygen atoms in total. The smallest absolute Gasteiger partial charge is 0.165 e. The van der Waals surface area contributed by atoms with Crippen molar-refractivity contribution in [2.24, 2.45) is 0 Å². The Kier molecular flexibility index (Phi) is 9.10. The fraction of sp³-hybridized carbons (Fsp3) is 0.143. The van der Waals surface area contributed by atoms with Crippen LogP contribution >= 0.6 is 0 Å². The van der Waals surface area contributed by atoms with Crippen LogP contribution in [0.1, 0.15) is 45.6 Å². The lowest BCUT2D eigenvalue weighted by atomic mass is 9.95. The molecule has 64 heavy (non-hydrogen) atoms. The average Bonchev–Trinajstić information content (AvgIpc) is 3.76. The van der Waals surface area contributed by atoms with Crippen molar-refractivity contribution in [3.63, 3.8) is 0 Å². The highest BCUT2D eigenvalue weighted by Crippen LogP contribution is 2.41. The van der Waals surface area contributed by atoms with Crippen molar-refractivity contribution in [3.8, 4) is 56.4 Å². The van der Waals surface area contributed by atoms with E-state index < -0.39 is 0 Å². The summed E-state index contributed by atoms with van der Waals surface area (Å²) in [5.41, 5.74) is 17.6. The van der Waals surface area contributed by atoms with Crippen LogP contribution in [-0.4, -0.2) is 39.0 Å². The Morgan fingerprint density at radius 3 is 0.938 bits per heavy atom. The predicted octanol–water partition coefficient (Wildman–Crippen LogP) is 13.4. The zero-order valence-electron chi connectivity index (χ0n) is 37.3. The van der Waals surface area contributed by atoms with E-state index in [4.69, 9.17) is 19.9 Å². The highest BCUT2D eigenvalue weighted by Gasteiger charge is 2.22. The summed E-state index contributed by atoms with van der Waals surface area (Å²) in [4.78, 5) is 28.8. The normalized spacial score (nSPS) is 11.8. The van der Waals surface area contributed by atoms with Crippen LogP contribution in [0.4, 0.5) is 0 Å². The van der Waals surface area contributed by atoms with Gasteiger partial charge in [-0.25, -0.2) is 29.9 Å². The standard InChI is InChI=1S/C56H46N8/c1-31-12-18-49-43(24-31)44-25-32(2)13-19-50(44)63(49)53-22-16-41(29-47(53)55-59-35(5)57-36(6)60-55)39-10-9-11-40(28-39)42-17-23-54(48(30-42)56-61-37(7)58-38(8)62-56)64-51-20-14-33(3)26-45(51)46-27-34(4)15-21-52(46)64/h9-30H,1-8H3. The Hall–Kier alpha value is -7.84. The number of nitrogens with zero attached hydrogens (tertiary/aromatic N) is 8. The van der Waals surface area contributed by atoms with Crippen molar-refractivity contribution in [1.82, 2.24) is 39.0 Å². The van der Waals surface area contributed by atoms with Crippen LogP contribution in [0.15, 0.2) is 133 Å². The largest absolute Gasteiger partial charge is 0.309 e. The SMILES string of the molecule is Cc1ccc2c(c1)c1cc(C)ccc1n2-c1ccc(-c2cccc(-c3ccc(-n4c5ccc(C)cc5c5cc(C)ccc54)c(-c4nc(C)nc(C)n4)c3)c2)cc1-c1nc(C)nc(C)n1. The van der Waals surface area contributed by atoms with Crippen molar-refractivity contribution in [3.05, 3.63) is 179 Å². The van der Waals surface area contributed by atoms with Crippen LogP contribution in [-0.2, 0) is 0 Å². The minimum Gasteiger partial charge on any atom is -0.309 e. The summed E-state index contributed by atoms with van der Waals surface area (Å²) < 4.78 is 4.72. The fourth-order valence-corrected chi connectivity index (χ4v) is 9.55. The lowest BCUT2D eigenvalue weighted by molar-refractivity contribution is 0.926. The summed E-state index contributed by atoms with van der Waals surface area (Å²) in [5, 5.41) is 4.89. The number of benzene rings is 7. The van der Waals surface area contributed by atoms with E-state index in [1.165, 1.54) is 43.8 Å². The van der Waals surface area contributed by atoms with Gasteiger partial charge >= 0.3 is 0 Å². The van der Waals surface area contributed by atoms with Gasteiger partial charge in [0, 0.05) is 32.7 Å². The van der Waals surface area contributed by atoms with E-state index in [9.17, 15) is 0 Å². The van der Waals surface area contributed by atoms with E-state index in [-0.39, 0.29) is 0 Å². The van der Waals surface area contributed by atoms with Gasteiger partial charge in [0.25, 0.3) is 0 Å². The van der Waals surface area contributed by atoms with Crippen molar-refractivity contribution in [1.29, 1.82) is 0 Å². The molecule has 11 aromatic rings. The lowest BCUT2D eigenvalue weighted by Gasteiger charge is -2.17. The molecular formula is C56H46N8. The van der Waals surface area contributed by atoms with Crippen molar-refractivity contribution in [2.75, 3.05) is 0 Å². The second-order valence-corrected chi connectivity index (χ2v) is 17.3. The molecule has 4 aromatic heterocycles. The maximum atomic E-state index is 4.94. The van der Waals surface area contributed by atoms with Gasteiger partial charge < -0.3 is 9.13 Å². The Morgan fingerprint density at radius 1 is 0.297 bits per heavy atom. The van der Waals surface area contributed by atoms with Gasteiger partial charge in [0.15, 0.2) is 11.6 Å². The molecule has 0 saturated carbocycles. The number of fused-ring (bicyclic) bond motifs is 6. The molecule has 8 heteroatoms. The number of aromatic nitrogens is 8. The van der Waals surface area contributed by atoms with Crippen LogP contribution in [0.3, 0.4) is 0 Å². The van der Waals surface area contributed by atoms with Crippen molar-refractivity contribution in [2.45, 2.75) is 55.4 Å². The van der Waals surface area contributed by atoms with E-state index in [1.54, 1.807) is 0 Å². The molecule has 0 aliphatic rings. The van der Waals surface area contributed by atoms with Crippen LogP contribution in [0.25, 0.3) is 100 Å². The van der Waals surface area contributed by atoms with Gasteiger partial charge in [0.05, 0.1) is 33.4 Å². The van der Waals surface area contributed by atoms with Gasteiger partial charge in [0.1, 0.15) is 23.3 Å². The highest BCUT2D eigenvalue weighted by molar-refractivity contribution is 6.11. The van der Waals surface area contributed by atoms with E-state index in [1.807, 2.05) is 27.7 Å². The van der Waals surface area contributed by atoms with Crippen LogP contribution in [0.5, 0.6) is 0 Å². The molecule has 0 radical (unpaired) electrons. The maximum Gasteiger partial charge on any atom is 0.165 e. The summed E-state index contributed by atoms with van der Waals surface area (Å²) in [6.07, 6.45) is 0. The summed E-state index contributed by atoms with van der Waals surface area (Å²) in [6.45, 7) is 16.3. The Morgan fingerprint density at radius 2 is 0.609 bits per heavy atom. The molecule has 0 unspecified atom stereocenters. The van der Waals surface area contributed by atoms with Gasteiger partial charge in [-0.1, -0.05) is 76.9 Å². The van der Waals surface area contributed by atoms with Gasteiger partial charge in [0.2, 0.25) is 0 Å². The minimum atomic E-state index is 0.644. The number of hydrogen-bond donors (Lipinski definition) is 0. The monoisotopic (exact) mass is 830 g/mol. The molecule has 11 rings (SSSR count). The number of rotatable bonds is 6. The van der Waals surface area contributed by atoms with Gasteiger partial charge in [-0.3, -0.25) is 0 Å². The molecule has 0 saturated heterocycles. The lowest BCUT2D eigenvalue weighted by Crippen LogP contribution is -2.04. The second-order valence-electron chi connectivity index (χ2n) is 17.3. The third kappa shape index (κ3) is 6.61. The summed E-state index contributed by atoms with van der Waals surface area (Å²) in [5.74, 6) is 4.02. The topological polar surface area (TPSA) is 87.2 Å². The zero-order chi connectivity index (χ0) is 44.0. The fourth-order valence-electron chi connectivity index (χ4n) is 9.55.